The number of carbonyl (C=O) groups excluding carboxylic acids is 1. The molecule has 3 aromatic rings. The Morgan fingerprint density at radius 1 is 1.16 bits per heavy atom. The van der Waals surface area contributed by atoms with E-state index in [9.17, 15) is 22.8 Å². The number of nitrogens with zero attached hydrogens (tertiary/aromatic N) is 5. The fourth-order valence-corrected chi connectivity index (χ4v) is 3.50. The van der Waals surface area contributed by atoms with Crippen LogP contribution in [0.15, 0.2) is 52.0 Å². The van der Waals surface area contributed by atoms with Gasteiger partial charge in [0.2, 0.25) is 17.6 Å². The van der Waals surface area contributed by atoms with Gasteiger partial charge in [0, 0.05) is 31.4 Å². The Balaban J connectivity index is 1.38. The second kappa shape index (κ2) is 8.32. The molecule has 1 aliphatic rings. The molecule has 31 heavy (non-hydrogen) atoms. The van der Waals surface area contributed by atoms with Crippen LogP contribution in [0.3, 0.4) is 0 Å². The minimum absolute atomic E-state index is 0.0368. The number of halogens is 3. The molecule has 4 rings (SSSR count). The molecule has 0 aliphatic carbocycles. The van der Waals surface area contributed by atoms with Crippen molar-refractivity contribution < 1.29 is 22.5 Å². The Labute approximate surface area is 174 Å². The minimum Gasteiger partial charge on any atom is -0.341 e. The standard InChI is InChI=1S/C20H18F3N5O3/c21-20(22,23)14-4-3-9-28(19(14)30)12-16(29)27-10-6-13(7-11-27)18-25-17(26-31-18)15-5-1-2-8-24-15/h1-5,8-9,13H,6-7,10-12H2. The van der Waals surface area contributed by atoms with Gasteiger partial charge >= 0.3 is 6.18 Å². The van der Waals surface area contributed by atoms with E-state index in [0.717, 1.165) is 10.6 Å². The summed E-state index contributed by atoms with van der Waals surface area (Å²) in [5.74, 6) is 0.393. The second-order valence-corrected chi connectivity index (χ2v) is 7.18. The molecule has 4 heterocycles. The minimum atomic E-state index is -4.76. The number of amides is 1. The number of aromatic nitrogens is 4. The van der Waals surface area contributed by atoms with E-state index in [-0.39, 0.29) is 5.92 Å². The van der Waals surface area contributed by atoms with Crippen molar-refractivity contribution in [3.8, 4) is 11.5 Å². The Morgan fingerprint density at radius 3 is 2.61 bits per heavy atom. The number of alkyl halides is 3. The van der Waals surface area contributed by atoms with E-state index < -0.39 is 29.8 Å². The van der Waals surface area contributed by atoms with Crippen LogP contribution >= 0.6 is 0 Å². The molecule has 162 valence electrons. The van der Waals surface area contributed by atoms with Crippen LogP contribution in [0.4, 0.5) is 13.2 Å². The molecule has 0 spiro atoms. The first kappa shape index (κ1) is 20.8. The van der Waals surface area contributed by atoms with Gasteiger partial charge in [-0.2, -0.15) is 18.2 Å². The zero-order chi connectivity index (χ0) is 22.0. The fourth-order valence-electron chi connectivity index (χ4n) is 3.50. The Hall–Kier alpha value is -3.50. The molecular formula is C20H18F3N5O3. The normalized spacial score (nSPS) is 15.3. The van der Waals surface area contributed by atoms with Gasteiger partial charge < -0.3 is 14.0 Å². The number of likely N-dealkylation sites (tertiary alicyclic amines) is 1. The molecule has 0 aromatic carbocycles. The van der Waals surface area contributed by atoms with Gasteiger partial charge in [-0.05, 0) is 37.1 Å². The summed E-state index contributed by atoms with van der Waals surface area (Å²) in [4.78, 5) is 34.7. The third kappa shape index (κ3) is 4.49. The summed E-state index contributed by atoms with van der Waals surface area (Å²) in [6.45, 7) is 0.300. The maximum Gasteiger partial charge on any atom is 0.421 e. The Morgan fingerprint density at radius 2 is 1.94 bits per heavy atom. The molecule has 11 heteroatoms. The van der Waals surface area contributed by atoms with Crippen LogP contribution < -0.4 is 5.56 Å². The molecule has 0 bridgehead atoms. The van der Waals surface area contributed by atoms with Crippen molar-refractivity contribution in [2.45, 2.75) is 31.5 Å². The zero-order valence-corrected chi connectivity index (χ0v) is 16.2. The molecule has 8 nitrogen and oxygen atoms in total. The Bertz CT molecular complexity index is 1120. The van der Waals surface area contributed by atoms with E-state index in [1.54, 1.807) is 18.3 Å². The molecule has 0 saturated carbocycles. The smallest absolute Gasteiger partial charge is 0.341 e. The average Bonchev–Trinajstić information content (AvgIpc) is 3.25. The van der Waals surface area contributed by atoms with Crippen LogP contribution in [0.1, 0.15) is 30.2 Å². The molecule has 0 atom stereocenters. The summed E-state index contributed by atoms with van der Waals surface area (Å²) in [6, 6.07) is 7.19. The van der Waals surface area contributed by atoms with Gasteiger partial charge in [0.25, 0.3) is 5.56 Å². The molecule has 0 N–H and O–H groups in total. The molecular weight excluding hydrogens is 415 g/mol. The van der Waals surface area contributed by atoms with E-state index in [0.29, 0.717) is 49.4 Å². The van der Waals surface area contributed by atoms with Crippen molar-refractivity contribution in [2.24, 2.45) is 0 Å². The van der Waals surface area contributed by atoms with Gasteiger partial charge in [-0.3, -0.25) is 14.6 Å². The van der Waals surface area contributed by atoms with E-state index in [1.807, 2.05) is 6.07 Å². The molecule has 1 fully saturated rings. The highest BCUT2D eigenvalue weighted by Gasteiger charge is 2.34. The third-order valence-electron chi connectivity index (χ3n) is 5.16. The van der Waals surface area contributed by atoms with Gasteiger partial charge in [0.15, 0.2) is 0 Å². The lowest BCUT2D eigenvalue weighted by Crippen LogP contribution is -2.41. The van der Waals surface area contributed by atoms with Gasteiger partial charge in [-0.1, -0.05) is 11.2 Å². The first-order valence-corrected chi connectivity index (χ1v) is 9.62. The van der Waals surface area contributed by atoms with E-state index in [2.05, 4.69) is 15.1 Å². The number of carbonyl (C=O) groups is 1. The lowest BCUT2D eigenvalue weighted by atomic mass is 9.96. The summed E-state index contributed by atoms with van der Waals surface area (Å²) in [5, 5.41) is 3.95. The fraction of sp³-hybridized carbons (Fsp3) is 0.350. The van der Waals surface area contributed by atoms with Crippen LogP contribution in [0.5, 0.6) is 0 Å². The SMILES string of the molecule is O=C(Cn1cccc(C(F)(F)F)c1=O)N1CCC(c2nc(-c3ccccn3)no2)CC1. The summed E-state index contributed by atoms with van der Waals surface area (Å²) in [5.41, 5.74) is -1.93. The van der Waals surface area contributed by atoms with Gasteiger partial charge in [-0.15, -0.1) is 0 Å². The molecule has 1 saturated heterocycles. The van der Waals surface area contributed by atoms with E-state index in [4.69, 9.17) is 4.52 Å². The number of hydrogen-bond acceptors (Lipinski definition) is 6. The van der Waals surface area contributed by atoms with Crippen LogP contribution in [-0.2, 0) is 17.5 Å². The number of piperidine rings is 1. The predicted octanol–water partition coefficient (Wildman–Crippen LogP) is 2.72. The van der Waals surface area contributed by atoms with Crippen molar-refractivity contribution in [1.82, 2.24) is 24.6 Å². The molecule has 1 amide bonds. The number of hydrogen-bond donors (Lipinski definition) is 0. The van der Waals surface area contributed by atoms with Crippen LogP contribution in [0.25, 0.3) is 11.5 Å². The van der Waals surface area contributed by atoms with Crippen molar-refractivity contribution in [1.29, 1.82) is 0 Å². The summed E-state index contributed by atoms with van der Waals surface area (Å²) < 4.78 is 44.8. The lowest BCUT2D eigenvalue weighted by molar-refractivity contribution is -0.139. The first-order valence-electron chi connectivity index (χ1n) is 9.62. The highest BCUT2D eigenvalue weighted by Crippen LogP contribution is 2.28. The number of pyridine rings is 2. The summed E-state index contributed by atoms with van der Waals surface area (Å²) in [7, 11) is 0. The topological polar surface area (TPSA) is 94.1 Å². The summed E-state index contributed by atoms with van der Waals surface area (Å²) >= 11 is 0. The largest absolute Gasteiger partial charge is 0.421 e. The molecule has 0 radical (unpaired) electrons. The highest BCUT2D eigenvalue weighted by molar-refractivity contribution is 5.76. The monoisotopic (exact) mass is 433 g/mol. The summed E-state index contributed by atoms with van der Waals surface area (Å²) in [6.07, 6.45) is -0.829. The molecule has 3 aromatic heterocycles. The highest BCUT2D eigenvalue weighted by atomic mass is 19.4. The maximum atomic E-state index is 12.9. The quantitative estimate of drug-likeness (QED) is 0.628. The maximum absolute atomic E-state index is 12.9. The first-order chi connectivity index (χ1) is 14.8. The van der Waals surface area contributed by atoms with Gasteiger partial charge in [0.1, 0.15) is 17.8 Å². The van der Waals surface area contributed by atoms with E-state index >= 15 is 0 Å². The second-order valence-electron chi connectivity index (χ2n) is 7.18. The average molecular weight is 433 g/mol. The lowest BCUT2D eigenvalue weighted by Gasteiger charge is -2.30. The van der Waals surface area contributed by atoms with Crippen molar-refractivity contribution in [2.75, 3.05) is 13.1 Å². The molecule has 1 aliphatic heterocycles. The van der Waals surface area contributed by atoms with Crippen molar-refractivity contribution in [3.63, 3.8) is 0 Å². The van der Waals surface area contributed by atoms with Crippen LogP contribution in [0, 0.1) is 0 Å². The predicted molar refractivity (Wildman–Crippen MR) is 102 cm³/mol. The third-order valence-corrected chi connectivity index (χ3v) is 5.16. The van der Waals surface area contributed by atoms with Crippen molar-refractivity contribution in [3.05, 3.63) is 64.5 Å². The van der Waals surface area contributed by atoms with Crippen LogP contribution in [0.2, 0.25) is 0 Å². The number of rotatable bonds is 4. The zero-order valence-electron chi connectivity index (χ0n) is 16.2. The van der Waals surface area contributed by atoms with Gasteiger partial charge in [-0.25, -0.2) is 0 Å². The van der Waals surface area contributed by atoms with E-state index in [1.165, 1.54) is 11.1 Å². The van der Waals surface area contributed by atoms with Crippen molar-refractivity contribution >= 4 is 5.91 Å². The Kier molecular flexibility index (Phi) is 5.57. The van der Waals surface area contributed by atoms with Gasteiger partial charge in [0.05, 0.1) is 0 Å². The van der Waals surface area contributed by atoms with Crippen LogP contribution in [-0.4, -0.2) is 43.6 Å². The molecule has 0 unspecified atom stereocenters.